The molecule has 1 unspecified atom stereocenters. The standard InChI is InChI=1S/C41H42ClF4N9O5S/c1-24-22-52(11-12-53(24)23-36(57)50-28-17-26(42)16-27(18-28)49-32-4-6-35(56)51-37(32)58)13-14-60-34-5-3-29(15-25(34)7-10-43)55-39(61)54(38(59)40(55)8-2-9-40)30-19-31(41(44,45)46)33(20-47)48-21-30/h3,5,15-19,21,24,32,49H,2,4,6-14,22-23H2,1H3,(H,50,57)(H,51,56,58)/t24-,32?/m1/s1. The zero-order chi connectivity index (χ0) is 43.6. The summed E-state index contributed by atoms with van der Waals surface area (Å²) in [5, 5.41) is 17.8. The highest BCUT2D eigenvalue weighted by molar-refractivity contribution is 7.81. The molecule has 4 fully saturated rings. The summed E-state index contributed by atoms with van der Waals surface area (Å²) in [6, 6.07) is 11.6. The van der Waals surface area contributed by atoms with Gasteiger partial charge in [-0.25, -0.2) is 4.98 Å². The maximum Gasteiger partial charge on any atom is 0.419 e. The van der Waals surface area contributed by atoms with Gasteiger partial charge in [-0.15, -0.1) is 0 Å². The number of hydrogen-bond acceptors (Lipinski definition) is 11. The van der Waals surface area contributed by atoms with Crippen molar-refractivity contribution in [3.05, 3.63) is 70.5 Å². The number of ether oxygens (including phenoxy) is 1. The zero-order valence-corrected chi connectivity index (χ0v) is 34.6. The fourth-order valence-corrected chi connectivity index (χ4v) is 8.89. The van der Waals surface area contributed by atoms with Crippen molar-refractivity contribution >= 4 is 75.3 Å². The molecule has 0 bridgehead atoms. The molecule has 3 aromatic rings. The summed E-state index contributed by atoms with van der Waals surface area (Å²) in [6.07, 6.45) is -1.80. The molecule has 7 rings (SSSR count). The van der Waals surface area contributed by atoms with Crippen LogP contribution in [0.3, 0.4) is 0 Å². The number of carbonyl (C=O) groups is 4. The number of aromatic nitrogens is 1. The summed E-state index contributed by atoms with van der Waals surface area (Å²) in [4.78, 5) is 61.4. The minimum atomic E-state index is -4.89. The summed E-state index contributed by atoms with van der Waals surface area (Å²) in [5.74, 6) is -1.03. The molecule has 61 heavy (non-hydrogen) atoms. The van der Waals surface area contributed by atoms with Crippen LogP contribution in [0.5, 0.6) is 5.75 Å². The third-order valence-electron chi connectivity index (χ3n) is 11.4. The van der Waals surface area contributed by atoms with Crippen LogP contribution in [0.15, 0.2) is 48.7 Å². The lowest BCUT2D eigenvalue weighted by molar-refractivity contribution is -0.138. The molecule has 3 saturated heterocycles. The molecule has 4 amide bonds. The maximum atomic E-state index is 13.9. The molecule has 20 heteroatoms. The molecule has 14 nitrogen and oxygen atoms in total. The van der Waals surface area contributed by atoms with Crippen molar-refractivity contribution in [3.63, 3.8) is 0 Å². The second kappa shape index (κ2) is 17.9. The molecule has 1 spiro atoms. The molecular formula is C41H42ClF4N9O5S. The van der Waals surface area contributed by atoms with Crippen molar-refractivity contribution in [2.24, 2.45) is 0 Å². The Morgan fingerprint density at radius 3 is 2.56 bits per heavy atom. The molecule has 1 aromatic heterocycles. The van der Waals surface area contributed by atoms with Gasteiger partial charge in [0.25, 0.3) is 5.91 Å². The molecule has 2 aromatic carbocycles. The van der Waals surface area contributed by atoms with Crippen LogP contribution >= 0.6 is 23.8 Å². The SMILES string of the molecule is C[C@@H]1CN(CCOc2ccc(N3C(=S)N(c4cnc(C#N)c(C(F)(F)F)c4)C(=O)C34CCC4)cc2CCF)CCN1CC(=O)Nc1cc(Cl)cc(NC2CCC(=O)NC2=O)c1. The van der Waals surface area contributed by atoms with Gasteiger partial charge in [0.2, 0.25) is 17.7 Å². The Balaban J connectivity index is 0.944. The second-order valence-corrected chi connectivity index (χ2v) is 16.3. The summed E-state index contributed by atoms with van der Waals surface area (Å²) in [7, 11) is 0. The van der Waals surface area contributed by atoms with E-state index in [1.807, 2.05) is 6.92 Å². The van der Waals surface area contributed by atoms with E-state index in [1.165, 1.54) is 6.07 Å². The average Bonchev–Trinajstić information content (AvgIpc) is 3.43. The Morgan fingerprint density at radius 2 is 1.89 bits per heavy atom. The number of amides is 4. The van der Waals surface area contributed by atoms with Gasteiger partial charge in [-0.2, -0.15) is 18.4 Å². The van der Waals surface area contributed by atoms with E-state index < -0.39 is 47.5 Å². The van der Waals surface area contributed by atoms with Gasteiger partial charge < -0.3 is 20.3 Å². The number of anilines is 4. The number of rotatable bonds is 13. The van der Waals surface area contributed by atoms with Crippen molar-refractivity contribution in [3.8, 4) is 11.8 Å². The largest absolute Gasteiger partial charge is 0.492 e. The number of nitrogens with zero attached hydrogens (tertiary/aromatic N) is 6. The van der Waals surface area contributed by atoms with Crippen molar-refractivity contribution in [1.82, 2.24) is 20.1 Å². The highest BCUT2D eigenvalue weighted by Crippen LogP contribution is 2.49. The maximum absolute atomic E-state index is 13.9. The topological polar surface area (TPSA) is 163 Å². The van der Waals surface area contributed by atoms with Crippen LogP contribution in [0.25, 0.3) is 0 Å². The fraction of sp³-hybridized carbons (Fsp3) is 0.439. The molecule has 2 atom stereocenters. The van der Waals surface area contributed by atoms with E-state index in [2.05, 4.69) is 30.7 Å². The van der Waals surface area contributed by atoms with Crippen LogP contribution < -0.4 is 30.5 Å². The van der Waals surface area contributed by atoms with Gasteiger partial charge in [0.15, 0.2) is 10.8 Å². The molecule has 1 saturated carbocycles. The van der Waals surface area contributed by atoms with E-state index in [9.17, 15) is 42.0 Å². The predicted molar refractivity (Wildman–Crippen MR) is 222 cm³/mol. The Bertz CT molecular complexity index is 2290. The first kappa shape index (κ1) is 43.7. The first-order valence-corrected chi connectivity index (χ1v) is 20.5. The number of hydrogen-bond donors (Lipinski definition) is 3. The number of thiocarbonyl (C=S) groups is 1. The van der Waals surface area contributed by atoms with Crippen LogP contribution in [0, 0.1) is 11.3 Å². The normalized spacial score (nSPS) is 20.7. The molecule has 4 aliphatic rings. The predicted octanol–water partition coefficient (Wildman–Crippen LogP) is 5.44. The van der Waals surface area contributed by atoms with E-state index in [0.29, 0.717) is 91.3 Å². The lowest BCUT2D eigenvalue weighted by atomic mass is 9.75. The Kier molecular flexibility index (Phi) is 12.8. The zero-order valence-electron chi connectivity index (χ0n) is 33.0. The molecule has 4 heterocycles. The Labute approximate surface area is 359 Å². The lowest BCUT2D eigenvalue weighted by Gasteiger charge is -2.43. The smallest absolute Gasteiger partial charge is 0.419 e. The van der Waals surface area contributed by atoms with Crippen LogP contribution in [0.1, 0.15) is 55.8 Å². The molecule has 1 aliphatic carbocycles. The number of piperazine rings is 1. The van der Waals surface area contributed by atoms with E-state index in [1.54, 1.807) is 41.3 Å². The van der Waals surface area contributed by atoms with Gasteiger partial charge in [-0.1, -0.05) is 11.6 Å². The Hall–Kier alpha value is -5.42. The number of nitriles is 1. The fourth-order valence-electron chi connectivity index (χ4n) is 8.19. The lowest BCUT2D eigenvalue weighted by Crippen LogP contribution is -2.55. The van der Waals surface area contributed by atoms with Gasteiger partial charge in [0.1, 0.15) is 30.0 Å². The quantitative estimate of drug-likeness (QED) is 0.113. The van der Waals surface area contributed by atoms with Gasteiger partial charge in [-0.3, -0.25) is 43.6 Å². The van der Waals surface area contributed by atoms with Crippen LogP contribution in [0.2, 0.25) is 5.02 Å². The number of nitrogens with one attached hydrogen (secondary N) is 3. The minimum absolute atomic E-state index is 0.00748. The summed E-state index contributed by atoms with van der Waals surface area (Å²) >= 11 is 12.0. The molecule has 322 valence electrons. The minimum Gasteiger partial charge on any atom is -0.492 e. The number of imide groups is 1. The molecule has 3 N–H and O–H groups in total. The van der Waals surface area contributed by atoms with Crippen LogP contribution in [-0.4, -0.2) is 107 Å². The van der Waals surface area contributed by atoms with E-state index in [-0.39, 0.29) is 54.6 Å². The Morgan fingerprint density at radius 1 is 1.11 bits per heavy atom. The average molecular weight is 884 g/mol. The van der Waals surface area contributed by atoms with E-state index in [0.717, 1.165) is 11.1 Å². The molecule has 0 radical (unpaired) electrons. The number of carbonyl (C=O) groups excluding carboxylic acids is 4. The van der Waals surface area contributed by atoms with Crippen molar-refractivity contribution in [2.45, 2.75) is 69.2 Å². The number of alkyl halides is 4. The van der Waals surface area contributed by atoms with Gasteiger partial charge in [0, 0.05) is 67.1 Å². The van der Waals surface area contributed by atoms with Gasteiger partial charge in [0.05, 0.1) is 30.7 Å². The highest BCUT2D eigenvalue weighted by Gasteiger charge is 2.60. The summed E-state index contributed by atoms with van der Waals surface area (Å²) in [6.45, 7) is 4.22. The number of pyridine rings is 1. The number of halogens is 5. The molecular weight excluding hydrogens is 842 g/mol. The summed E-state index contributed by atoms with van der Waals surface area (Å²) < 4.78 is 61.5. The first-order chi connectivity index (χ1) is 29.1. The number of benzene rings is 2. The van der Waals surface area contributed by atoms with Crippen molar-refractivity contribution in [2.75, 3.05) is 66.4 Å². The van der Waals surface area contributed by atoms with Gasteiger partial charge in [-0.05, 0) is 92.9 Å². The third-order valence-corrected chi connectivity index (χ3v) is 12.0. The van der Waals surface area contributed by atoms with E-state index in [4.69, 9.17) is 28.6 Å². The third kappa shape index (κ3) is 9.27. The first-order valence-electron chi connectivity index (χ1n) is 19.7. The summed E-state index contributed by atoms with van der Waals surface area (Å²) in [5.41, 5.74) is -1.43. The van der Waals surface area contributed by atoms with Crippen molar-refractivity contribution < 1.29 is 41.5 Å². The molecule has 3 aliphatic heterocycles. The number of piperidine rings is 1. The van der Waals surface area contributed by atoms with Crippen LogP contribution in [0.4, 0.5) is 40.3 Å². The monoisotopic (exact) mass is 883 g/mol. The van der Waals surface area contributed by atoms with E-state index >= 15 is 0 Å². The highest BCUT2D eigenvalue weighted by atomic mass is 35.5. The second-order valence-electron chi connectivity index (χ2n) is 15.5. The van der Waals surface area contributed by atoms with Crippen LogP contribution in [-0.2, 0) is 31.8 Å². The van der Waals surface area contributed by atoms with Gasteiger partial charge >= 0.3 is 6.18 Å². The number of aryl methyl sites for hydroxylation is 1. The van der Waals surface area contributed by atoms with Crippen molar-refractivity contribution in [1.29, 1.82) is 5.26 Å².